The van der Waals surface area contributed by atoms with E-state index >= 15 is 0 Å². The summed E-state index contributed by atoms with van der Waals surface area (Å²) in [6.45, 7) is 2.19. The minimum atomic E-state index is -0.547. The highest BCUT2D eigenvalue weighted by Gasteiger charge is 2.08. The van der Waals surface area contributed by atoms with E-state index in [9.17, 15) is 4.79 Å². The van der Waals surface area contributed by atoms with Crippen molar-refractivity contribution in [3.05, 3.63) is 30.3 Å². The van der Waals surface area contributed by atoms with Gasteiger partial charge in [-0.05, 0) is 19.1 Å². The number of nitrogens with two attached hydrogens (primary N) is 1. The molecular weight excluding hydrogens is 168 g/mol. The van der Waals surface area contributed by atoms with E-state index in [1.54, 1.807) is 31.2 Å². The number of benzene rings is 1. The lowest BCUT2D eigenvalue weighted by molar-refractivity contribution is 0.155. The molecule has 4 nitrogen and oxygen atoms in total. The third kappa shape index (κ3) is 2.76. The molecule has 0 radical (unpaired) electrons. The Bertz CT molecular complexity index is 274. The first-order chi connectivity index (χ1) is 6.24. The van der Waals surface area contributed by atoms with E-state index in [1.165, 1.54) is 0 Å². The molecule has 1 aromatic carbocycles. The topological polar surface area (TPSA) is 55.6 Å². The van der Waals surface area contributed by atoms with Crippen LogP contribution in [0, 0.1) is 0 Å². The molecule has 0 saturated carbocycles. The van der Waals surface area contributed by atoms with Crippen LogP contribution in [0.4, 0.5) is 4.79 Å². The lowest BCUT2D eigenvalue weighted by Crippen LogP contribution is -2.39. The number of hydrazine groups is 1. The zero-order chi connectivity index (χ0) is 9.68. The SMILES string of the molecule is CCN(N)C(=O)Oc1ccccc1. The third-order valence-corrected chi connectivity index (χ3v) is 1.52. The van der Waals surface area contributed by atoms with Crippen molar-refractivity contribution in [2.45, 2.75) is 6.92 Å². The van der Waals surface area contributed by atoms with Gasteiger partial charge in [-0.1, -0.05) is 18.2 Å². The summed E-state index contributed by atoms with van der Waals surface area (Å²) in [6.07, 6.45) is -0.547. The van der Waals surface area contributed by atoms with E-state index in [4.69, 9.17) is 10.6 Å². The van der Waals surface area contributed by atoms with Gasteiger partial charge in [0.2, 0.25) is 0 Å². The van der Waals surface area contributed by atoms with Crippen LogP contribution in [0.2, 0.25) is 0 Å². The van der Waals surface area contributed by atoms with E-state index in [0.717, 1.165) is 5.01 Å². The molecule has 1 amide bonds. The van der Waals surface area contributed by atoms with Crippen LogP contribution in [0.15, 0.2) is 30.3 Å². The fourth-order valence-electron chi connectivity index (χ4n) is 0.777. The first-order valence-electron chi connectivity index (χ1n) is 4.03. The maximum Gasteiger partial charge on any atom is 0.429 e. The van der Waals surface area contributed by atoms with Crippen LogP contribution in [0.1, 0.15) is 6.92 Å². The Labute approximate surface area is 76.9 Å². The molecule has 1 rings (SSSR count). The maximum absolute atomic E-state index is 11.1. The van der Waals surface area contributed by atoms with Crippen molar-refractivity contribution in [1.82, 2.24) is 5.01 Å². The molecule has 0 aromatic heterocycles. The highest BCUT2D eigenvalue weighted by atomic mass is 16.6. The van der Waals surface area contributed by atoms with E-state index in [0.29, 0.717) is 12.3 Å². The van der Waals surface area contributed by atoms with Gasteiger partial charge in [0.25, 0.3) is 0 Å². The van der Waals surface area contributed by atoms with Gasteiger partial charge in [0, 0.05) is 6.54 Å². The number of carbonyl (C=O) groups is 1. The molecule has 0 fully saturated rings. The average molecular weight is 180 g/mol. The number of carbonyl (C=O) groups excluding carboxylic acids is 1. The van der Waals surface area contributed by atoms with Crippen LogP contribution in [0.3, 0.4) is 0 Å². The van der Waals surface area contributed by atoms with Crippen LogP contribution >= 0.6 is 0 Å². The van der Waals surface area contributed by atoms with Crippen molar-refractivity contribution in [2.24, 2.45) is 5.84 Å². The first kappa shape index (κ1) is 9.54. The van der Waals surface area contributed by atoms with Gasteiger partial charge in [0.05, 0.1) is 0 Å². The predicted molar refractivity (Wildman–Crippen MR) is 49.0 cm³/mol. The maximum atomic E-state index is 11.1. The summed E-state index contributed by atoms with van der Waals surface area (Å²) in [5.74, 6) is 5.82. The van der Waals surface area contributed by atoms with Gasteiger partial charge < -0.3 is 4.74 Å². The highest BCUT2D eigenvalue weighted by Crippen LogP contribution is 2.08. The molecule has 0 aliphatic heterocycles. The van der Waals surface area contributed by atoms with Crippen LogP contribution in [-0.2, 0) is 0 Å². The van der Waals surface area contributed by atoms with Crippen molar-refractivity contribution in [3.63, 3.8) is 0 Å². The summed E-state index contributed by atoms with van der Waals surface area (Å²) in [5.41, 5.74) is 0. The summed E-state index contributed by atoms with van der Waals surface area (Å²) in [5, 5.41) is 1.01. The normalized spacial score (nSPS) is 9.38. The highest BCUT2D eigenvalue weighted by molar-refractivity contribution is 5.69. The molecular formula is C9H12N2O2. The van der Waals surface area contributed by atoms with Crippen molar-refractivity contribution in [2.75, 3.05) is 6.54 Å². The number of rotatable bonds is 2. The first-order valence-corrected chi connectivity index (χ1v) is 4.03. The van der Waals surface area contributed by atoms with Gasteiger partial charge >= 0.3 is 6.09 Å². The number of para-hydroxylation sites is 1. The Kier molecular flexibility index (Phi) is 3.28. The fourth-order valence-corrected chi connectivity index (χ4v) is 0.777. The van der Waals surface area contributed by atoms with Gasteiger partial charge in [-0.3, -0.25) is 0 Å². The van der Waals surface area contributed by atoms with Crippen molar-refractivity contribution >= 4 is 6.09 Å². The summed E-state index contributed by atoms with van der Waals surface area (Å²) in [7, 11) is 0. The lowest BCUT2D eigenvalue weighted by atomic mass is 10.3. The van der Waals surface area contributed by atoms with Crippen molar-refractivity contribution in [1.29, 1.82) is 0 Å². The Balaban J connectivity index is 2.55. The third-order valence-electron chi connectivity index (χ3n) is 1.52. The molecule has 0 aliphatic carbocycles. The number of amides is 1. The van der Waals surface area contributed by atoms with Crippen LogP contribution in [-0.4, -0.2) is 17.6 Å². The number of ether oxygens (including phenoxy) is 1. The van der Waals surface area contributed by atoms with Gasteiger partial charge in [0.15, 0.2) is 0 Å². The molecule has 1 aromatic rings. The molecule has 70 valence electrons. The summed E-state index contributed by atoms with van der Waals surface area (Å²) in [4.78, 5) is 11.1. The Morgan fingerprint density at radius 2 is 2.08 bits per heavy atom. The van der Waals surface area contributed by atoms with Crippen LogP contribution in [0.25, 0.3) is 0 Å². The minimum absolute atomic E-state index is 0.422. The molecule has 0 spiro atoms. The molecule has 0 bridgehead atoms. The molecule has 0 heterocycles. The zero-order valence-electron chi connectivity index (χ0n) is 7.43. The Hall–Kier alpha value is -1.55. The molecule has 13 heavy (non-hydrogen) atoms. The fraction of sp³-hybridized carbons (Fsp3) is 0.222. The molecule has 4 heteroatoms. The van der Waals surface area contributed by atoms with Crippen LogP contribution in [0.5, 0.6) is 5.75 Å². The van der Waals surface area contributed by atoms with E-state index in [2.05, 4.69) is 0 Å². The number of hydrogen-bond donors (Lipinski definition) is 1. The molecule has 2 N–H and O–H groups in total. The standard InChI is InChI=1S/C9H12N2O2/c1-2-11(10)9(12)13-8-6-4-3-5-7-8/h3-7H,2,10H2,1H3. The molecule has 0 atom stereocenters. The monoisotopic (exact) mass is 180 g/mol. The van der Waals surface area contributed by atoms with E-state index in [-0.39, 0.29) is 0 Å². The van der Waals surface area contributed by atoms with Gasteiger partial charge in [0.1, 0.15) is 5.75 Å². The number of hydrogen-bond acceptors (Lipinski definition) is 3. The second-order valence-corrected chi connectivity index (χ2v) is 2.47. The lowest BCUT2D eigenvalue weighted by Gasteiger charge is -2.13. The molecule has 0 saturated heterocycles. The van der Waals surface area contributed by atoms with E-state index < -0.39 is 6.09 Å². The average Bonchev–Trinajstić information content (AvgIpc) is 2.18. The Morgan fingerprint density at radius 3 is 2.62 bits per heavy atom. The predicted octanol–water partition coefficient (Wildman–Crippen LogP) is 1.38. The van der Waals surface area contributed by atoms with Gasteiger partial charge in [-0.2, -0.15) is 0 Å². The second kappa shape index (κ2) is 4.47. The van der Waals surface area contributed by atoms with Gasteiger partial charge in [-0.15, -0.1) is 0 Å². The van der Waals surface area contributed by atoms with Crippen molar-refractivity contribution < 1.29 is 9.53 Å². The summed E-state index contributed by atoms with van der Waals surface area (Å²) >= 11 is 0. The summed E-state index contributed by atoms with van der Waals surface area (Å²) < 4.78 is 4.93. The smallest absolute Gasteiger partial charge is 0.409 e. The van der Waals surface area contributed by atoms with Crippen LogP contribution < -0.4 is 10.6 Å². The van der Waals surface area contributed by atoms with Crippen molar-refractivity contribution in [3.8, 4) is 5.75 Å². The summed E-state index contributed by atoms with van der Waals surface area (Å²) in [6, 6.07) is 8.81. The molecule has 0 aliphatic rings. The second-order valence-electron chi connectivity index (χ2n) is 2.47. The largest absolute Gasteiger partial charge is 0.429 e. The van der Waals surface area contributed by atoms with Gasteiger partial charge in [-0.25, -0.2) is 15.6 Å². The molecule has 0 unspecified atom stereocenters. The van der Waals surface area contributed by atoms with E-state index in [1.807, 2.05) is 6.07 Å². The zero-order valence-corrected chi connectivity index (χ0v) is 7.43. The quantitative estimate of drug-likeness (QED) is 0.425. The number of nitrogens with zero attached hydrogens (tertiary/aromatic N) is 1. The minimum Gasteiger partial charge on any atom is -0.409 e. The Morgan fingerprint density at radius 1 is 1.46 bits per heavy atom.